The third-order valence-corrected chi connectivity index (χ3v) is 3.91. The van der Waals surface area contributed by atoms with Gasteiger partial charge < -0.3 is 15.0 Å². The molecule has 0 aromatic heterocycles. The number of benzene rings is 1. The van der Waals surface area contributed by atoms with Gasteiger partial charge >= 0.3 is 5.97 Å². The standard InChI is InChI=1S/C18H22N2O4/c1-24-16(22)11-10-15(21)19-17(14-8-4-2-5-9-14)18(23)20-12-6-3-7-13-20/h2,4-5,8-11,17H,3,6-7,12-13H2,1H3,(H,19,21)/b11-10+. The summed E-state index contributed by atoms with van der Waals surface area (Å²) in [5.41, 5.74) is 0.716. The third-order valence-electron chi connectivity index (χ3n) is 3.91. The van der Waals surface area contributed by atoms with E-state index in [1.807, 2.05) is 18.2 Å². The number of carbonyl (C=O) groups is 3. The Kier molecular flexibility index (Phi) is 6.54. The van der Waals surface area contributed by atoms with Crippen LogP contribution in [0.1, 0.15) is 30.9 Å². The van der Waals surface area contributed by atoms with E-state index >= 15 is 0 Å². The maximum absolute atomic E-state index is 12.8. The average Bonchev–Trinajstić information content (AvgIpc) is 2.65. The molecule has 1 aromatic carbocycles. The van der Waals surface area contributed by atoms with Gasteiger partial charge in [0.15, 0.2) is 0 Å². The molecule has 1 saturated heterocycles. The van der Waals surface area contributed by atoms with Crippen LogP contribution in [0, 0.1) is 0 Å². The molecule has 0 spiro atoms. The number of nitrogens with one attached hydrogen (secondary N) is 1. The Hall–Kier alpha value is -2.63. The molecule has 2 amide bonds. The number of methoxy groups -OCH3 is 1. The molecule has 2 rings (SSSR count). The van der Waals surface area contributed by atoms with Crippen molar-refractivity contribution >= 4 is 17.8 Å². The van der Waals surface area contributed by atoms with Crippen LogP contribution in [0.4, 0.5) is 0 Å². The molecule has 1 fully saturated rings. The van der Waals surface area contributed by atoms with E-state index in [-0.39, 0.29) is 5.91 Å². The van der Waals surface area contributed by atoms with E-state index < -0.39 is 17.9 Å². The number of nitrogens with zero attached hydrogens (tertiary/aromatic N) is 1. The summed E-state index contributed by atoms with van der Waals surface area (Å²) < 4.78 is 4.45. The van der Waals surface area contributed by atoms with Crippen LogP contribution >= 0.6 is 0 Å². The van der Waals surface area contributed by atoms with Gasteiger partial charge in [-0.1, -0.05) is 30.3 Å². The van der Waals surface area contributed by atoms with E-state index in [2.05, 4.69) is 10.1 Å². The van der Waals surface area contributed by atoms with E-state index in [0.717, 1.165) is 31.4 Å². The lowest BCUT2D eigenvalue weighted by Gasteiger charge is -2.30. The number of hydrogen-bond acceptors (Lipinski definition) is 4. The van der Waals surface area contributed by atoms with Gasteiger partial charge in [0.2, 0.25) is 11.8 Å². The quantitative estimate of drug-likeness (QED) is 0.657. The van der Waals surface area contributed by atoms with Gasteiger partial charge in [0.05, 0.1) is 7.11 Å². The van der Waals surface area contributed by atoms with Crippen LogP contribution in [0.5, 0.6) is 0 Å². The monoisotopic (exact) mass is 330 g/mol. The zero-order valence-corrected chi connectivity index (χ0v) is 13.7. The Balaban J connectivity index is 2.14. The minimum absolute atomic E-state index is 0.124. The molecule has 0 saturated carbocycles. The Morgan fingerprint density at radius 1 is 1.08 bits per heavy atom. The highest BCUT2D eigenvalue weighted by molar-refractivity contribution is 5.97. The van der Waals surface area contributed by atoms with Crippen LogP contribution < -0.4 is 5.32 Å². The Bertz CT molecular complexity index is 607. The first-order valence-corrected chi connectivity index (χ1v) is 8.02. The molecule has 1 unspecified atom stereocenters. The zero-order chi connectivity index (χ0) is 17.4. The van der Waals surface area contributed by atoms with Crippen molar-refractivity contribution in [3.05, 3.63) is 48.0 Å². The van der Waals surface area contributed by atoms with Gasteiger partial charge in [-0.05, 0) is 24.8 Å². The predicted molar refractivity (Wildman–Crippen MR) is 88.9 cm³/mol. The predicted octanol–water partition coefficient (Wildman–Crippen LogP) is 1.59. The van der Waals surface area contributed by atoms with Gasteiger partial charge in [0.1, 0.15) is 6.04 Å². The Labute approximate surface area is 141 Å². The summed E-state index contributed by atoms with van der Waals surface area (Å²) in [7, 11) is 1.23. The van der Waals surface area contributed by atoms with Crippen molar-refractivity contribution in [3.63, 3.8) is 0 Å². The maximum atomic E-state index is 12.8. The lowest BCUT2D eigenvalue weighted by molar-refractivity contribution is -0.136. The van der Waals surface area contributed by atoms with Crippen LogP contribution in [0.3, 0.4) is 0 Å². The van der Waals surface area contributed by atoms with Gasteiger partial charge in [-0.3, -0.25) is 9.59 Å². The number of rotatable bonds is 5. The number of esters is 1. The molecule has 1 aliphatic rings. The molecule has 128 valence electrons. The van der Waals surface area contributed by atoms with Gasteiger partial charge in [-0.15, -0.1) is 0 Å². The van der Waals surface area contributed by atoms with Crippen molar-refractivity contribution < 1.29 is 19.1 Å². The second-order valence-electron chi connectivity index (χ2n) is 5.59. The molecule has 1 aliphatic heterocycles. The second-order valence-corrected chi connectivity index (χ2v) is 5.59. The summed E-state index contributed by atoms with van der Waals surface area (Å²) in [5, 5.41) is 2.69. The van der Waals surface area contributed by atoms with Gasteiger partial charge in [0, 0.05) is 25.2 Å². The molecule has 0 bridgehead atoms. The van der Waals surface area contributed by atoms with Crippen LogP contribution in [-0.4, -0.2) is 42.9 Å². The molecule has 1 atom stereocenters. The number of amides is 2. The summed E-state index contributed by atoms with van der Waals surface area (Å²) >= 11 is 0. The Morgan fingerprint density at radius 2 is 1.75 bits per heavy atom. The lowest BCUT2D eigenvalue weighted by Crippen LogP contribution is -2.44. The van der Waals surface area contributed by atoms with Crippen LogP contribution in [0.15, 0.2) is 42.5 Å². The molecular formula is C18H22N2O4. The van der Waals surface area contributed by atoms with Crippen LogP contribution in [0.2, 0.25) is 0 Å². The first kappa shape index (κ1) is 17.7. The molecule has 1 heterocycles. The average molecular weight is 330 g/mol. The maximum Gasteiger partial charge on any atom is 0.330 e. The summed E-state index contributed by atoms with van der Waals surface area (Å²) in [4.78, 5) is 37.8. The van der Waals surface area contributed by atoms with Crippen LogP contribution in [-0.2, 0) is 19.1 Å². The van der Waals surface area contributed by atoms with Crippen molar-refractivity contribution in [1.82, 2.24) is 10.2 Å². The Morgan fingerprint density at radius 3 is 2.38 bits per heavy atom. The SMILES string of the molecule is COC(=O)/C=C/C(=O)NC(C(=O)N1CCCCC1)c1ccccc1. The van der Waals surface area contributed by atoms with Crippen molar-refractivity contribution in [3.8, 4) is 0 Å². The molecule has 1 N–H and O–H groups in total. The normalized spacial score (nSPS) is 15.8. The molecule has 1 aromatic rings. The highest BCUT2D eigenvalue weighted by Crippen LogP contribution is 2.19. The van der Waals surface area contributed by atoms with Crippen molar-refractivity contribution in [1.29, 1.82) is 0 Å². The van der Waals surface area contributed by atoms with Crippen LogP contribution in [0.25, 0.3) is 0 Å². The van der Waals surface area contributed by atoms with E-state index in [1.165, 1.54) is 7.11 Å². The summed E-state index contributed by atoms with van der Waals surface area (Å²) in [6.45, 7) is 1.41. The lowest BCUT2D eigenvalue weighted by atomic mass is 10.0. The molecule has 6 nitrogen and oxygen atoms in total. The molecular weight excluding hydrogens is 308 g/mol. The van der Waals surface area contributed by atoms with Gasteiger partial charge in [-0.25, -0.2) is 4.79 Å². The van der Waals surface area contributed by atoms with Crippen molar-refractivity contribution in [2.75, 3.05) is 20.2 Å². The fourth-order valence-corrected chi connectivity index (χ4v) is 2.63. The number of ether oxygens (including phenoxy) is 1. The van der Waals surface area contributed by atoms with E-state index in [9.17, 15) is 14.4 Å². The third kappa shape index (κ3) is 4.94. The summed E-state index contributed by atoms with van der Waals surface area (Å²) in [6, 6.07) is 8.34. The molecule has 24 heavy (non-hydrogen) atoms. The largest absolute Gasteiger partial charge is 0.466 e. The van der Waals surface area contributed by atoms with Gasteiger partial charge in [-0.2, -0.15) is 0 Å². The minimum Gasteiger partial charge on any atom is -0.466 e. The van der Waals surface area contributed by atoms with Crippen molar-refractivity contribution in [2.24, 2.45) is 0 Å². The van der Waals surface area contributed by atoms with Gasteiger partial charge in [0.25, 0.3) is 0 Å². The highest BCUT2D eigenvalue weighted by atomic mass is 16.5. The topological polar surface area (TPSA) is 75.7 Å². The fourth-order valence-electron chi connectivity index (χ4n) is 2.63. The zero-order valence-electron chi connectivity index (χ0n) is 13.7. The number of piperidine rings is 1. The first-order valence-electron chi connectivity index (χ1n) is 8.02. The first-order chi connectivity index (χ1) is 11.6. The number of hydrogen-bond donors (Lipinski definition) is 1. The molecule has 6 heteroatoms. The summed E-state index contributed by atoms with van der Waals surface area (Å²) in [6.07, 6.45) is 5.18. The number of carbonyl (C=O) groups excluding carboxylic acids is 3. The smallest absolute Gasteiger partial charge is 0.330 e. The van der Waals surface area contributed by atoms with E-state index in [0.29, 0.717) is 18.7 Å². The number of likely N-dealkylation sites (tertiary alicyclic amines) is 1. The summed E-state index contributed by atoms with van der Waals surface area (Å²) in [5.74, 6) is -1.26. The fraction of sp³-hybridized carbons (Fsp3) is 0.389. The second kappa shape index (κ2) is 8.86. The molecule has 0 radical (unpaired) electrons. The van der Waals surface area contributed by atoms with Crippen molar-refractivity contribution in [2.45, 2.75) is 25.3 Å². The van der Waals surface area contributed by atoms with E-state index in [1.54, 1.807) is 17.0 Å². The highest BCUT2D eigenvalue weighted by Gasteiger charge is 2.27. The minimum atomic E-state index is -0.765. The molecule has 0 aliphatic carbocycles. The van der Waals surface area contributed by atoms with E-state index in [4.69, 9.17) is 0 Å².